The highest BCUT2D eigenvalue weighted by molar-refractivity contribution is 5.34. The largest absolute Gasteiger partial charge is 0.309 e. The number of hydrogen-bond acceptors (Lipinski definition) is 2. The number of benzene rings is 1. The Bertz CT molecular complexity index is 565. The van der Waals surface area contributed by atoms with Crippen LogP contribution in [0.15, 0.2) is 42.7 Å². The summed E-state index contributed by atoms with van der Waals surface area (Å²) in [6.07, 6.45) is 3.76. The van der Waals surface area contributed by atoms with Gasteiger partial charge in [0.15, 0.2) is 0 Å². The number of nitrogens with zero attached hydrogens (tertiary/aromatic N) is 2. The zero-order chi connectivity index (χ0) is 14.4. The molecular weight excluding hydrogens is 246 g/mol. The first-order chi connectivity index (χ1) is 9.43. The molecule has 0 aliphatic heterocycles. The smallest absolute Gasteiger partial charge is 0.0645 e. The quantitative estimate of drug-likeness (QED) is 0.922. The Morgan fingerprint density at radius 3 is 2.25 bits per heavy atom. The Labute approximate surface area is 121 Å². The molecule has 106 valence electrons. The van der Waals surface area contributed by atoms with Gasteiger partial charge in [0.05, 0.1) is 5.69 Å². The summed E-state index contributed by atoms with van der Waals surface area (Å²) in [5, 5.41) is 7.92. The molecule has 0 saturated heterocycles. The molecule has 1 heterocycles. The lowest BCUT2D eigenvalue weighted by molar-refractivity contribution is 0.457. The van der Waals surface area contributed by atoms with E-state index in [1.807, 2.05) is 16.9 Å². The second-order valence-corrected chi connectivity index (χ2v) is 6.87. The van der Waals surface area contributed by atoms with Crippen LogP contribution in [0.3, 0.4) is 0 Å². The summed E-state index contributed by atoms with van der Waals surface area (Å²) in [6, 6.07) is 11.1. The fourth-order valence-electron chi connectivity index (χ4n) is 3.11. The first-order valence-corrected chi connectivity index (χ1v) is 7.25. The molecule has 1 aromatic heterocycles. The van der Waals surface area contributed by atoms with Crippen LogP contribution in [-0.2, 0) is 6.54 Å². The SMILES string of the molecule is CC1(C)C(NCc2ccc(-n3cccn3)cc2)C1(C)C. The second kappa shape index (κ2) is 4.45. The van der Waals surface area contributed by atoms with Crippen LogP contribution < -0.4 is 5.32 Å². The molecule has 1 fully saturated rings. The summed E-state index contributed by atoms with van der Waals surface area (Å²) in [6.45, 7) is 10.3. The Hall–Kier alpha value is -1.61. The van der Waals surface area contributed by atoms with Gasteiger partial charge in [-0.15, -0.1) is 0 Å². The normalized spacial score (nSPS) is 20.0. The van der Waals surface area contributed by atoms with Gasteiger partial charge in [-0.2, -0.15) is 5.10 Å². The van der Waals surface area contributed by atoms with Crippen LogP contribution in [0.4, 0.5) is 0 Å². The monoisotopic (exact) mass is 269 g/mol. The maximum absolute atomic E-state index is 4.24. The Balaban J connectivity index is 1.63. The van der Waals surface area contributed by atoms with Gasteiger partial charge in [-0.3, -0.25) is 0 Å². The molecular formula is C17H23N3. The summed E-state index contributed by atoms with van der Waals surface area (Å²) >= 11 is 0. The van der Waals surface area contributed by atoms with Crippen LogP contribution in [0.2, 0.25) is 0 Å². The lowest BCUT2D eigenvalue weighted by Crippen LogP contribution is -2.21. The standard InChI is InChI=1S/C17H23N3/c1-16(2)15(17(16,3)4)18-12-13-6-8-14(9-7-13)20-11-5-10-19-20/h5-11,15,18H,12H2,1-4H3. The van der Waals surface area contributed by atoms with Crippen molar-refractivity contribution in [2.24, 2.45) is 10.8 Å². The van der Waals surface area contributed by atoms with E-state index in [1.54, 1.807) is 6.20 Å². The van der Waals surface area contributed by atoms with E-state index in [1.165, 1.54) is 5.56 Å². The van der Waals surface area contributed by atoms with Gasteiger partial charge in [-0.25, -0.2) is 4.68 Å². The van der Waals surface area contributed by atoms with Crippen LogP contribution in [0.25, 0.3) is 5.69 Å². The van der Waals surface area contributed by atoms with Crippen molar-refractivity contribution in [3.8, 4) is 5.69 Å². The molecule has 0 bridgehead atoms. The molecule has 0 unspecified atom stereocenters. The van der Waals surface area contributed by atoms with Crippen molar-refractivity contribution in [2.75, 3.05) is 0 Å². The van der Waals surface area contributed by atoms with Crippen LogP contribution in [0.1, 0.15) is 33.3 Å². The van der Waals surface area contributed by atoms with Gasteiger partial charge >= 0.3 is 0 Å². The molecule has 1 N–H and O–H groups in total. The highest BCUT2D eigenvalue weighted by atomic mass is 15.3. The van der Waals surface area contributed by atoms with E-state index in [4.69, 9.17) is 0 Å². The van der Waals surface area contributed by atoms with E-state index in [9.17, 15) is 0 Å². The minimum absolute atomic E-state index is 0.391. The van der Waals surface area contributed by atoms with Crippen molar-refractivity contribution >= 4 is 0 Å². The maximum Gasteiger partial charge on any atom is 0.0645 e. The number of aromatic nitrogens is 2. The summed E-state index contributed by atoms with van der Waals surface area (Å²) in [5.74, 6) is 0. The molecule has 20 heavy (non-hydrogen) atoms. The molecule has 0 radical (unpaired) electrons. The van der Waals surface area contributed by atoms with E-state index in [-0.39, 0.29) is 0 Å². The average molecular weight is 269 g/mol. The fourth-order valence-corrected chi connectivity index (χ4v) is 3.11. The first kappa shape index (κ1) is 13.4. The zero-order valence-corrected chi connectivity index (χ0v) is 12.7. The summed E-state index contributed by atoms with van der Waals surface area (Å²) in [4.78, 5) is 0. The van der Waals surface area contributed by atoms with Crippen LogP contribution in [-0.4, -0.2) is 15.8 Å². The van der Waals surface area contributed by atoms with Gasteiger partial charge in [0.2, 0.25) is 0 Å². The highest BCUT2D eigenvalue weighted by Gasteiger charge is 2.64. The minimum Gasteiger partial charge on any atom is -0.309 e. The van der Waals surface area contributed by atoms with E-state index in [0.29, 0.717) is 16.9 Å². The van der Waals surface area contributed by atoms with Gasteiger partial charge < -0.3 is 5.32 Å². The maximum atomic E-state index is 4.24. The molecule has 1 aromatic carbocycles. The Morgan fingerprint density at radius 2 is 1.75 bits per heavy atom. The molecule has 0 spiro atoms. The topological polar surface area (TPSA) is 29.9 Å². The minimum atomic E-state index is 0.391. The molecule has 3 heteroatoms. The predicted molar refractivity (Wildman–Crippen MR) is 81.8 cm³/mol. The lowest BCUT2D eigenvalue weighted by atomic mass is 10.0. The Kier molecular flexibility index (Phi) is 2.98. The van der Waals surface area contributed by atoms with Crippen molar-refractivity contribution in [2.45, 2.75) is 40.3 Å². The van der Waals surface area contributed by atoms with Crippen LogP contribution in [0.5, 0.6) is 0 Å². The van der Waals surface area contributed by atoms with Crippen LogP contribution in [0, 0.1) is 10.8 Å². The molecule has 0 atom stereocenters. The third-order valence-corrected chi connectivity index (χ3v) is 5.24. The van der Waals surface area contributed by atoms with E-state index >= 15 is 0 Å². The molecule has 1 saturated carbocycles. The van der Waals surface area contributed by atoms with Gasteiger partial charge in [-0.05, 0) is 34.6 Å². The first-order valence-electron chi connectivity index (χ1n) is 7.25. The molecule has 3 rings (SSSR count). The number of rotatable bonds is 4. The van der Waals surface area contributed by atoms with Crippen molar-refractivity contribution in [3.63, 3.8) is 0 Å². The van der Waals surface area contributed by atoms with Crippen molar-refractivity contribution < 1.29 is 0 Å². The second-order valence-electron chi connectivity index (χ2n) is 6.87. The molecule has 1 aliphatic carbocycles. The summed E-state index contributed by atoms with van der Waals surface area (Å²) in [5.41, 5.74) is 3.20. The lowest BCUT2D eigenvalue weighted by Gasteiger charge is -2.08. The van der Waals surface area contributed by atoms with Crippen molar-refractivity contribution in [3.05, 3.63) is 48.3 Å². The van der Waals surface area contributed by atoms with E-state index in [2.05, 4.69) is 62.4 Å². The molecule has 2 aromatic rings. The highest BCUT2D eigenvalue weighted by Crippen LogP contribution is 2.62. The van der Waals surface area contributed by atoms with E-state index in [0.717, 1.165) is 12.2 Å². The van der Waals surface area contributed by atoms with E-state index < -0.39 is 0 Å². The molecule has 3 nitrogen and oxygen atoms in total. The number of hydrogen-bond donors (Lipinski definition) is 1. The van der Waals surface area contributed by atoms with Gasteiger partial charge in [0, 0.05) is 25.0 Å². The van der Waals surface area contributed by atoms with Gasteiger partial charge in [0.1, 0.15) is 0 Å². The summed E-state index contributed by atoms with van der Waals surface area (Å²) < 4.78 is 1.88. The zero-order valence-electron chi connectivity index (χ0n) is 12.7. The molecule has 1 aliphatic rings. The summed E-state index contributed by atoms with van der Waals surface area (Å²) in [7, 11) is 0. The van der Waals surface area contributed by atoms with Crippen LogP contribution >= 0.6 is 0 Å². The van der Waals surface area contributed by atoms with Crippen molar-refractivity contribution in [1.29, 1.82) is 0 Å². The number of nitrogens with one attached hydrogen (secondary N) is 1. The predicted octanol–water partition coefficient (Wildman–Crippen LogP) is 3.40. The van der Waals surface area contributed by atoms with Gasteiger partial charge in [0.25, 0.3) is 0 Å². The third kappa shape index (κ3) is 2.06. The molecule has 0 amide bonds. The van der Waals surface area contributed by atoms with Crippen molar-refractivity contribution in [1.82, 2.24) is 15.1 Å². The fraction of sp³-hybridized carbons (Fsp3) is 0.471. The van der Waals surface area contributed by atoms with Gasteiger partial charge in [-0.1, -0.05) is 39.8 Å². The Morgan fingerprint density at radius 1 is 1.10 bits per heavy atom. The average Bonchev–Trinajstić information content (AvgIpc) is 2.83. The third-order valence-electron chi connectivity index (χ3n) is 5.24.